The van der Waals surface area contributed by atoms with Crippen LogP contribution in [0.5, 0.6) is 0 Å². The second-order valence-corrected chi connectivity index (χ2v) is 12.9. The maximum Gasteiger partial charge on any atom is 0.164 e. The van der Waals surface area contributed by atoms with Crippen molar-refractivity contribution in [3.05, 3.63) is 205 Å². The Morgan fingerprint density at radius 2 is 0.900 bits per heavy atom. The fraction of sp³-hybridized carbons (Fsp3) is 0.0426. The number of nitrogens with zero attached hydrogens (tertiary/aromatic N) is 3. The Bertz CT molecular complexity index is 2410. The summed E-state index contributed by atoms with van der Waals surface area (Å²) < 4.78 is 0. The summed E-state index contributed by atoms with van der Waals surface area (Å²) in [6.07, 6.45) is 9.45. The lowest BCUT2D eigenvalue weighted by Gasteiger charge is -2.34. The summed E-state index contributed by atoms with van der Waals surface area (Å²) in [5, 5.41) is 0. The van der Waals surface area contributed by atoms with Crippen LogP contribution in [0.3, 0.4) is 0 Å². The monoisotopic (exact) mass is 639 g/mol. The molecular formula is C47H33N3. The first kappa shape index (κ1) is 29.7. The number of benzene rings is 6. The Hall–Kier alpha value is -6.45. The minimum Gasteiger partial charge on any atom is -0.208 e. The highest BCUT2D eigenvalue weighted by molar-refractivity contribution is 5.87. The van der Waals surface area contributed by atoms with Crippen molar-refractivity contribution in [2.24, 2.45) is 0 Å². The molecular weight excluding hydrogens is 607 g/mol. The summed E-state index contributed by atoms with van der Waals surface area (Å²) in [5.74, 6) is 1.91. The first-order valence-electron chi connectivity index (χ1n) is 17.0. The normalized spacial score (nSPS) is 15.2. The number of fused-ring (bicyclic) bond motifs is 7. The number of allylic oxidation sites excluding steroid dienone is 5. The number of hydrogen-bond donors (Lipinski definition) is 0. The lowest BCUT2D eigenvalue weighted by Crippen LogP contribution is -2.27. The minimum absolute atomic E-state index is 0.421. The Morgan fingerprint density at radius 3 is 1.54 bits per heavy atom. The van der Waals surface area contributed by atoms with Crippen molar-refractivity contribution in [1.82, 2.24) is 15.0 Å². The Balaban J connectivity index is 1.26. The maximum absolute atomic E-state index is 5.16. The molecule has 0 amide bonds. The van der Waals surface area contributed by atoms with E-state index in [2.05, 4.69) is 158 Å². The zero-order valence-electron chi connectivity index (χ0n) is 27.5. The summed E-state index contributed by atoms with van der Waals surface area (Å²) >= 11 is 0. The van der Waals surface area contributed by atoms with E-state index in [0.717, 1.165) is 39.8 Å². The third-order valence-corrected chi connectivity index (χ3v) is 10.0. The molecule has 2 aliphatic carbocycles. The summed E-state index contributed by atoms with van der Waals surface area (Å²) in [5.41, 5.74) is 13.2. The molecule has 0 atom stereocenters. The molecule has 0 radical (unpaired) electrons. The van der Waals surface area contributed by atoms with Gasteiger partial charge in [-0.2, -0.15) is 0 Å². The number of rotatable bonds is 4. The molecule has 50 heavy (non-hydrogen) atoms. The molecule has 6 aromatic carbocycles. The molecule has 236 valence electrons. The van der Waals surface area contributed by atoms with Gasteiger partial charge in [0.1, 0.15) is 0 Å². The van der Waals surface area contributed by atoms with Gasteiger partial charge in [-0.05, 0) is 62.6 Å². The third-order valence-electron chi connectivity index (χ3n) is 10.0. The van der Waals surface area contributed by atoms with Crippen LogP contribution in [0.2, 0.25) is 0 Å². The molecule has 7 aromatic rings. The molecule has 3 nitrogen and oxygen atoms in total. The third kappa shape index (κ3) is 4.94. The minimum atomic E-state index is -0.421. The van der Waals surface area contributed by atoms with Crippen molar-refractivity contribution in [3.63, 3.8) is 0 Å². The summed E-state index contributed by atoms with van der Waals surface area (Å²) in [7, 11) is 0. The van der Waals surface area contributed by atoms with Crippen LogP contribution in [0, 0.1) is 0 Å². The van der Waals surface area contributed by atoms with E-state index in [0.29, 0.717) is 17.5 Å². The van der Waals surface area contributed by atoms with E-state index in [4.69, 9.17) is 15.0 Å². The van der Waals surface area contributed by atoms with E-state index < -0.39 is 5.41 Å². The number of hydrogen-bond acceptors (Lipinski definition) is 3. The Kier molecular flexibility index (Phi) is 7.25. The highest BCUT2D eigenvalue weighted by atomic mass is 15.0. The van der Waals surface area contributed by atoms with Crippen molar-refractivity contribution in [3.8, 4) is 56.4 Å². The Labute approximate surface area is 292 Å². The Morgan fingerprint density at radius 1 is 0.420 bits per heavy atom. The topological polar surface area (TPSA) is 38.7 Å². The van der Waals surface area contributed by atoms with Gasteiger partial charge in [-0.15, -0.1) is 0 Å². The molecule has 2 aliphatic rings. The van der Waals surface area contributed by atoms with E-state index in [1.54, 1.807) is 0 Å². The lowest BCUT2D eigenvalue weighted by atomic mass is 9.67. The second kappa shape index (κ2) is 12.2. The molecule has 3 heteroatoms. The predicted molar refractivity (Wildman–Crippen MR) is 205 cm³/mol. The molecule has 0 aliphatic heterocycles. The van der Waals surface area contributed by atoms with Crippen molar-refractivity contribution in [1.29, 1.82) is 0 Å². The molecule has 0 N–H and O–H groups in total. The largest absolute Gasteiger partial charge is 0.208 e. The first-order chi connectivity index (χ1) is 24.7. The molecule has 1 heterocycles. The molecule has 1 spiro atoms. The molecule has 9 rings (SSSR count). The standard InChI is InChI=1S/C47H33N3/c1-32-15-5-4-14-30-47(41-22-12-10-20-39(41)40-21-11-13-23-42(40)47)43-31-37(28-29-38(32)43)46-49-44(35-18-8-3-9-19-35)48-45(50-46)36-26-24-34(25-27-36)33-16-6-2-7-17-33/h2-29,31H,1,30H2/b14-4-,15-5-. The van der Waals surface area contributed by atoms with Crippen LogP contribution in [0.4, 0.5) is 0 Å². The van der Waals surface area contributed by atoms with Crippen molar-refractivity contribution >= 4 is 5.57 Å². The van der Waals surface area contributed by atoms with Gasteiger partial charge in [0.25, 0.3) is 0 Å². The van der Waals surface area contributed by atoms with Gasteiger partial charge in [0, 0.05) is 16.7 Å². The van der Waals surface area contributed by atoms with Crippen molar-refractivity contribution in [2.45, 2.75) is 11.8 Å². The van der Waals surface area contributed by atoms with Crippen molar-refractivity contribution in [2.75, 3.05) is 0 Å². The fourth-order valence-corrected chi connectivity index (χ4v) is 7.64. The van der Waals surface area contributed by atoms with E-state index in [1.807, 2.05) is 24.3 Å². The zero-order chi connectivity index (χ0) is 33.5. The van der Waals surface area contributed by atoms with E-state index in [9.17, 15) is 0 Å². The van der Waals surface area contributed by atoms with Crippen LogP contribution in [-0.2, 0) is 5.41 Å². The van der Waals surface area contributed by atoms with E-state index in [-0.39, 0.29) is 0 Å². The average Bonchev–Trinajstić information content (AvgIpc) is 3.51. The lowest BCUT2D eigenvalue weighted by molar-refractivity contribution is 0.644. The molecule has 0 saturated heterocycles. The van der Waals surface area contributed by atoms with Gasteiger partial charge < -0.3 is 0 Å². The molecule has 0 saturated carbocycles. The maximum atomic E-state index is 5.16. The quantitative estimate of drug-likeness (QED) is 0.192. The van der Waals surface area contributed by atoms with Gasteiger partial charge in [0.05, 0.1) is 5.41 Å². The molecule has 0 fully saturated rings. The number of aromatic nitrogens is 3. The van der Waals surface area contributed by atoms with Crippen LogP contribution in [0.15, 0.2) is 183 Å². The van der Waals surface area contributed by atoms with E-state index >= 15 is 0 Å². The summed E-state index contributed by atoms with van der Waals surface area (Å²) in [6.45, 7) is 4.54. The van der Waals surface area contributed by atoms with Crippen LogP contribution < -0.4 is 0 Å². The van der Waals surface area contributed by atoms with Crippen LogP contribution in [-0.4, -0.2) is 15.0 Å². The van der Waals surface area contributed by atoms with Gasteiger partial charge in [-0.1, -0.05) is 176 Å². The van der Waals surface area contributed by atoms with Gasteiger partial charge >= 0.3 is 0 Å². The molecule has 0 bridgehead atoms. The first-order valence-corrected chi connectivity index (χ1v) is 17.0. The van der Waals surface area contributed by atoms with Gasteiger partial charge in [0.2, 0.25) is 0 Å². The average molecular weight is 640 g/mol. The highest BCUT2D eigenvalue weighted by Gasteiger charge is 2.45. The fourth-order valence-electron chi connectivity index (χ4n) is 7.64. The predicted octanol–water partition coefficient (Wildman–Crippen LogP) is 11.4. The zero-order valence-corrected chi connectivity index (χ0v) is 27.5. The smallest absolute Gasteiger partial charge is 0.164 e. The van der Waals surface area contributed by atoms with Crippen LogP contribution in [0.1, 0.15) is 28.7 Å². The molecule has 1 aromatic heterocycles. The second-order valence-electron chi connectivity index (χ2n) is 12.9. The van der Waals surface area contributed by atoms with Crippen molar-refractivity contribution < 1.29 is 0 Å². The van der Waals surface area contributed by atoms with Gasteiger partial charge in [0.15, 0.2) is 17.5 Å². The van der Waals surface area contributed by atoms with Crippen LogP contribution in [0.25, 0.3) is 62.0 Å². The van der Waals surface area contributed by atoms with Crippen LogP contribution >= 0.6 is 0 Å². The summed E-state index contributed by atoms with van der Waals surface area (Å²) in [6, 6.07) is 53.4. The van der Waals surface area contributed by atoms with E-state index in [1.165, 1.54) is 33.4 Å². The molecule has 0 unspecified atom stereocenters. The van der Waals surface area contributed by atoms with Gasteiger partial charge in [-0.3, -0.25) is 0 Å². The van der Waals surface area contributed by atoms with Gasteiger partial charge in [-0.25, -0.2) is 15.0 Å². The SMILES string of the molecule is C=C1/C=C\C=C/CC2(c3cc(-c4nc(-c5ccccc5)nc(-c5ccc(-c6ccccc6)cc5)n4)ccc31)c1ccccc1-c1ccccc12. The highest BCUT2D eigenvalue weighted by Crippen LogP contribution is 2.56. The summed E-state index contributed by atoms with van der Waals surface area (Å²) in [4.78, 5) is 15.3.